The minimum Gasteiger partial charge on any atom is -0.311 e. The lowest BCUT2D eigenvalue weighted by molar-refractivity contribution is 0.332. The molecule has 0 atom stereocenters. The van der Waals surface area contributed by atoms with E-state index in [1.54, 1.807) is 0 Å². The van der Waals surface area contributed by atoms with Gasteiger partial charge >= 0.3 is 0 Å². The van der Waals surface area contributed by atoms with Crippen molar-refractivity contribution in [2.24, 2.45) is 0 Å². The highest BCUT2D eigenvalue weighted by Gasteiger charge is 2.49. The number of aryl methyl sites for hydroxylation is 1. The topological polar surface area (TPSA) is 6.48 Å². The summed E-state index contributed by atoms with van der Waals surface area (Å²) >= 11 is 0. The highest BCUT2D eigenvalue weighted by Crippen LogP contribution is 2.57. The van der Waals surface area contributed by atoms with Gasteiger partial charge in [-0.05, 0) is 192 Å². The van der Waals surface area contributed by atoms with Crippen LogP contribution in [0.4, 0.5) is 34.1 Å². The van der Waals surface area contributed by atoms with Crippen molar-refractivity contribution in [3.63, 3.8) is 0 Å². The Bertz CT molecular complexity index is 3390. The summed E-state index contributed by atoms with van der Waals surface area (Å²) in [6, 6.07) is 50.3. The molecule has 348 valence electrons. The third-order valence-electron chi connectivity index (χ3n) is 18.0. The van der Waals surface area contributed by atoms with E-state index in [0.29, 0.717) is 5.56 Å². The van der Waals surface area contributed by atoms with E-state index in [4.69, 9.17) is 4.11 Å². The van der Waals surface area contributed by atoms with Gasteiger partial charge in [0.1, 0.15) is 0 Å². The van der Waals surface area contributed by atoms with Gasteiger partial charge in [-0.15, -0.1) is 0 Å². The fourth-order valence-corrected chi connectivity index (χ4v) is 14.1. The zero-order valence-electron chi connectivity index (χ0n) is 46.2. The number of fused-ring (bicyclic) bond motifs is 7. The van der Waals surface area contributed by atoms with E-state index < -0.39 is 6.85 Å². The predicted molar refractivity (Wildman–Crippen MR) is 297 cm³/mol. The van der Waals surface area contributed by atoms with E-state index in [1.165, 1.54) is 61.4 Å². The molecule has 12 rings (SSSR count). The monoisotopic (exact) mass is 906 g/mol. The quantitative estimate of drug-likeness (QED) is 0.162. The Morgan fingerprint density at radius 2 is 0.899 bits per heavy atom. The zero-order chi connectivity index (χ0) is 50.9. The third-order valence-corrected chi connectivity index (χ3v) is 18.0. The second-order valence-corrected chi connectivity index (χ2v) is 25.6. The maximum atomic E-state index is 8.92. The second-order valence-electron chi connectivity index (χ2n) is 25.6. The first-order valence-corrected chi connectivity index (χ1v) is 25.8. The summed E-state index contributed by atoms with van der Waals surface area (Å²) in [4.78, 5) is 5.13. The van der Waals surface area contributed by atoms with Crippen LogP contribution in [0.25, 0.3) is 22.3 Å². The largest absolute Gasteiger partial charge is 0.311 e. The van der Waals surface area contributed by atoms with Gasteiger partial charge < -0.3 is 9.80 Å². The first-order valence-electron chi connectivity index (χ1n) is 27.3. The van der Waals surface area contributed by atoms with E-state index in [1.807, 2.05) is 12.1 Å². The molecule has 0 fully saturated rings. The number of hydrogen-bond donors (Lipinski definition) is 0. The molecular weight excluding hydrogens is 832 g/mol. The average molecular weight is 906 g/mol. The van der Waals surface area contributed by atoms with E-state index >= 15 is 0 Å². The molecule has 2 nitrogen and oxygen atoms in total. The number of benzene rings is 7. The standard InChI is InChI=1S/C66H71BN2/c1-41-24-27-53-56(32-41)69(55-38-52-49(65(10,11)40-66(52,12)13)36-46(55)43-22-18-15-19-23-43)59-34-44(42-20-16-14-17-21-42)33-58-60(59)67(53)54-37-50-51(64(8,9)31-30-63(50,6)7)39-57(54)68(58)45-25-26-47-48(35-45)62(4,5)29-28-61(47,2)3/h14-27,32-39H,28-31,40H2,1-13H3/i1D3. The Labute approximate surface area is 418 Å². The summed E-state index contributed by atoms with van der Waals surface area (Å²) in [6.07, 6.45) is 5.55. The smallest absolute Gasteiger partial charge is 0.252 e. The molecule has 5 aliphatic rings. The van der Waals surface area contributed by atoms with Crippen molar-refractivity contribution in [2.75, 3.05) is 9.80 Å². The highest BCUT2D eigenvalue weighted by atomic mass is 15.2. The molecule has 2 aliphatic heterocycles. The van der Waals surface area contributed by atoms with Gasteiger partial charge in [0.25, 0.3) is 6.71 Å². The third kappa shape index (κ3) is 6.64. The van der Waals surface area contributed by atoms with Crippen LogP contribution in [0, 0.1) is 6.85 Å². The van der Waals surface area contributed by atoms with Crippen LogP contribution in [0.1, 0.15) is 158 Å². The molecule has 69 heavy (non-hydrogen) atoms. The summed E-state index contributed by atoms with van der Waals surface area (Å²) < 4.78 is 26.7. The van der Waals surface area contributed by atoms with Gasteiger partial charge in [-0.3, -0.25) is 0 Å². The van der Waals surface area contributed by atoms with Crippen LogP contribution in [-0.4, -0.2) is 6.71 Å². The first kappa shape index (κ1) is 41.0. The lowest BCUT2D eigenvalue weighted by Crippen LogP contribution is -2.62. The highest BCUT2D eigenvalue weighted by molar-refractivity contribution is 7.00. The Morgan fingerprint density at radius 1 is 0.391 bits per heavy atom. The molecular formula is C66H71BN2. The molecule has 0 unspecified atom stereocenters. The van der Waals surface area contributed by atoms with Crippen LogP contribution in [0.5, 0.6) is 0 Å². The van der Waals surface area contributed by atoms with Crippen molar-refractivity contribution >= 4 is 57.2 Å². The fourth-order valence-electron chi connectivity index (χ4n) is 14.1. The average Bonchev–Trinajstić information content (AvgIpc) is 3.52. The normalized spacial score (nSPS) is 20.8. The molecule has 7 aromatic carbocycles. The molecule has 3 aliphatic carbocycles. The Hall–Kier alpha value is -5.80. The minimum absolute atomic E-state index is 0.00909. The van der Waals surface area contributed by atoms with E-state index in [9.17, 15) is 0 Å². The molecule has 2 heterocycles. The maximum absolute atomic E-state index is 8.92. The molecule has 0 amide bonds. The van der Waals surface area contributed by atoms with Crippen molar-refractivity contribution in [1.82, 2.24) is 0 Å². The maximum Gasteiger partial charge on any atom is 0.252 e. The van der Waals surface area contributed by atoms with Gasteiger partial charge in [0.15, 0.2) is 0 Å². The van der Waals surface area contributed by atoms with Crippen LogP contribution in [-0.2, 0) is 32.5 Å². The van der Waals surface area contributed by atoms with Crippen LogP contribution in [0.3, 0.4) is 0 Å². The molecule has 0 spiro atoms. The van der Waals surface area contributed by atoms with Gasteiger partial charge in [0.05, 0.1) is 5.69 Å². The molecule has 7 aromatic rings. The van der Waals surface area contributed by atoms with Crippen molar-refractivity contribution < 1.29 is 4.11 Å². The molecule has 0 saturated carbocycles. The van der Waals surface area contributed by atoms with Crippen molar-refractivity contribution in [2.45, 2.75) is 155 Å². The molecule has 0 N–H and O–H groups in total. The molecule has 3 heteroatoms. The summed E-state index contributed by atoms with van der Waals surface area (Å²) in [6.45, 7) is 26.6. The Morgan fingerprint density at radius 3 is 1.52 bits per heavy atom. The number of hydrogen-bond acceptors (Lipinski definition) is 2. The van der Waals surface area contributed by atoms with Crippen molar-refractivity contribution in [3.05, 3.63) is 172 Å². The van der Waals surface area contributed by atoms with E-state index in [2.05, 4.69) is 214 Å². The van der Waals surface area contributed by atoms with Crippen molar-refractivity contribution in [3.8, 4) is 22.3 Å². The summed E-state index contributed by atoms with van der Waals surface area (Å²) in [7, 11) is 0. The molecule has 0 bridgehead atoms. The number of nitrogens with zero attached hydrogens (tertiary/aromatic N) is 2. The summed E-state index contributed by atoms with van der Waals surface area (Å²) in [5.74, 6) is 0. The Kier molecular flexibility index (Phi) is 8.70. The van der Waals surface area contributed by atoms with Gasteiger partial charge in [-0.1, -0.05) is 168 Å². The lowest BCUT2D eigenvalue weighted by Gasteiger charge is -2.48. The van der Waals surface area contributed by atoms with Crippen LogP contribution >= 0.6 is 0 Å². The molecule has 0 saturated heterocycles. The van der Waals surface area contributed by atoms with Gasteiger partial charge in [0, 0.05) is 38.1 Å². The molecule has 0 radical (unpaired) electrons. The van der Waals surface area contributed by atoms with E-state index in [0.717, 1.165) is 76.9 Å². The summed E-state index contributed by atoms with van der Waals surface area (Å²) in [5, 5.41) is 0. The van der Waals surface area contributed by atoms with Crippen LogP contribution in [0.2, 0.25) is 0 Å². The minimum atomic E-state index is -2.31. The Balaban J connectivity index is 1.25. The van der Waals surface area contributed by atoms with Gasteiger partial charge in [-0.25, -0.2) is 0 Å². The zero-order valence-corrected chi connectivity index (χ0v) is 43.2. The van der Waals surface area contributed by atoms with Gasteiger partial charge in [-0.2, -0.15) is 0 Å². The van der Waals surface area contributed by atoms with Gasteiger partial charge in [0.2, 0.25) is 0 Å². The van der Waals surface area contributed by atoms with E-state index in [-0.39, 0.29) is 39.2 Å². The molecule has 0 aromatic heterocycles. The predicted octanol–water partition coefficient (Wildman–Crippen LogP) is 16.1. The first-order chi connectivity index (χ1) is 33.8. The summed E-state index contributed by atoms with van der Waals surface area (Å²) in [5.41, 5.74) is 23.6. The number of anilines is 6. The van der Waals surface area contributed by atoms with Crippen LogP contribution < -0.4 is 26.2 Å². The fraction of sp³-hybridized carbons (Fsp3) is 0.364. The van der Waals surface area contributed by atoms with Crippen LogP contribution in [0.15, 0.2) is 133 Å². The lowest BCUT2D eigenvalue weighted by atomic mass is 9.33. The SMILES string of the molecule is [2H]C([2H])([2H])c1ccc2c(c1)N(c1cc3c(cc1-c1ccccc1)C(C)(C)CC3(C)C)c1cc(-c3ccccc3)cc3c1B2c1cc2c(cc1N3c1ccc3c(c1)C(C)(C)CCC3(C)C)C(C)(C)CCC2(C)C. The van der Waals surface area contributed by atoms with Crippen molar-refractivity contribution in [1.29, 1.82) is 0 Å². The second kappa shape index (κ2) is 14.6. The number of rotatable bonds is 4.